The SMILES string of the molecule is Cc1cc2c3c(ccc(NC4CCCCC4)c3n1)C(=O)c1ccccc1-2. The van der Waals surface area contributed by atoms with Crippen LogP contribution in [0.4, 0.5) is 5.69 Å². The Morgan fingerprint density at radius 2 is 1.69 bits per heavy atom. The zero-order valence-corrected chi connectivity index (χ0v) is 15.0. The fourth-order valence-corrected chi connectivity index (χ4v) is 4.52. The Kier molecular flexibility index (Phi) is 3.56. The smallest absolute Gasteiger partial charge is 0.194 e. The first-order valence-corrected chi connectivity index (χ1v) is 9.57. The van der Waals surface area contributed by atoms with Gasteiger partial charge in [-0.25, -0.2) is 0 Å². The van der Waals surface area contributed by atoms with Gasteiger partial charge in [-0.15, -0.1) is 0 Å². The fraction of sp³-hybridized carbons (Fsp3) is 0.304. The third-order valence-corrected chi connectivity index (χ3v) is 5.76. The highest BCUT2D eigenvalue weighted by Crippen LogP contribution is 2.41. The van der Waals surface area contributed by atoms with Crippen LogP contribution in [0, 0.1) is 6.92 Å². The quantitative estimate of drug-likeness (QED) is 0.523. The Labute approximate surface area is 153 Å². The van der Waals surface area contributed by atoms with Crippen molar-refractivity contribution in [3.63, 3.8) is 0 Å². The van der Waals surface area contributed by atoms with Crippen molar-refractivity contribution >= 4 is 22.4 Å². The molecule has 0 aliphatic heterocycles. The topological polar surface area (TPSA) is 42.0 Å². The van der Waals surface area contributed by atoms with Crippen molar-refractivity contribution in [2.24, 2.45) is 0 Å². The summed E-state index contributed by atoms with van der Waals surface area (Å²) >= 11 is 0. The maximum atomic E-state index is 13.0. The number of aromatic nitrogens is 1. The molecule has 1 N–H and O–H groups in total. The van der Waals surface area contributed by atoms with E-state index in [-0.39, 0.29) is 5.78 Å². The molecule has 5 rings (SSSR count). The Bertz CT molecular complexity index is 1030. The number of nitrogens with one attached hydrogen (secondary N) is 1. The number of ketones is 1. The Morgan fingerprint density at radius 1 is 0.923 bits per heavy atom. The fourth-order valence-electron chi connectivity index (χ4n) is 4.52. The van der Waals surface area contributed by atoms with Crippen LogP contribution in [-0.2, 0) is 0 Å². The lowest BCUT2D eigenvalue weighted by Crippen LogP contribution is -2.23. The van der Waals surface area contributed by atoms with Crippen LogP contribution >= 0.6 is 0 Å². The number of hydrogen-bond acceptors (Lipinski definition) is 3. The van der Waals surface area contributed by atoms with E-state index in [4.69, 9.17) is 4.98 Å². The number of pyridine rings is 1. The molecule has 3 heteroatoms. The summed E-state index contributed by atoms with van der Waals surface area (Å²) in [5.41, 5.74) is 6.70. The van der Waals surface area contributed by atoms with Crippen molar-refractivity contribution in [3.8, 4) is 11.1 Å². The molecule has 1 saturated carbocycles. The molecule has 3 aromatic rings. The third kappa shape index (κ3) is 2.34. The Morgan fingerprint density at radius 3 is 2.50 bits per heavy atom. The minimum absolute atomic E-state index is 0.105. The standard InChI is InChI=1S/C23H22N2O/c1-14-13-19-16-9-5-6-10-17(16)23(26)18-11-12-20(22(24-14)21(18)19)25-15-7-3-2-4-8-15/h5-6,9-13,15,25H,2-4,7-8H2,1H3. The van der Waals surface area contributed by atoms with Gasteiger partial charge < -0.3 is 5.32 Å². The molecule has 0 amide bonds. The molecule has 3 nitrogen and oxygen atoms in total. The minimum atomic E-state index is 0.105. The van der Waals surface area contributed by atoms with Gasteiger partial charge in [0.2, 0.25) is 0 Å². The molecule has 1 heterocycles. The number of hydrogen-bond donors (Lipinski definition) is 1. The van der Waals surface area contributed by atoms with Gasteiger partial charge in [0, 0.05) is 28.2 Å². The molecule has 0 spiro atoms. The van der Waals surface area contributed by atoms with Gasteiger partial charge in [-0.05, 0) is 49.1 Å². The van der Waals surface area contributed by atoms with Gasteiger partial charge in [0.1, 0.15) is 0 Å². The lowest BCUT2D eigenvalue weighted by atomic mass is 9.83. The number of benzene rings is 2. The summed E-state index contributed by atoms with van der Waals surface area (Å²) < 4.78 is 0. The van der Waals surface area contributed by atoms with Crippen LogP contribution in [0.15, 0.2) is 42.5 Å². The molecule has 1 aromatic heterocycles. The molecule has 2 aromatic carbocycles. The van der Waals surface area contributed by atoms with Crippen molar-refractivity contribution in [2.45, 2.75) is 45.1 Å². The van der Waals surface area contributed by atoms with Crippen LogP contribution in [-0.4, -0.2) is 16.8 Å². The number of aryl methyl sites for hydroxylation is 1. The number of anilines is 1. The highest BCUT2D eigenvalue weighted by Gasteiger charge is 2.27. The van der Waals surface area contributed by atoms with Crippen LogP contribution in [0.1, 0.15) is 53.7 Å². The summed E-state index contributed by atoms with van der Waals surface area (Å²) in [4.78, 5) is 17.9. The number of nitrogens with zero attached hydrogens (tertiary/aromatic N) is 1. The average molecular weight is 342 g/mol. The molecule has 0 unspecified atom stereocenters. The molecule has 2 aliphatic rings. The van der Waals surface area contributed by atoms with E-state index in [1.807, 2.05) is 43.3 Å². The molecule has 0 bridgehead atoms. The van der Waals surface area contributed by atoms with E-state index < -0.39 is 0 Å². The predicted molar refractivity (Wildman–Crippen MR) is 106 cm³/mol. The summed E-state index contributed by atoms with van der Waals surface area (Å²) in [6.07, 6.45) is 6.34. The lowest BCUT2D eigenvalue weighted by Gasteiger charge is -2.26. The third-order valence-electron chi connectivity index (χ3n) is 5.76. The molecular weight excluding hydrogens is 320 g/mol. The number of carbonyl (C=O) groups is 1. The van der Waals surface area contributed by atoms with Crippen LogP contribution in [0.2, 0.25) is 0 Å². The Hall–Kier alpha value is -2.68. The van der Waals surface area contributed by atoms with Gasteiger partial charge in [-0.3, -0.25) is 9.78 Å². The highest BCUT2D eigenvalue weighted by molar-refractivity contribution is 6.26. The molecule has 1 fully saturated rings. The van der Waals surface area contributed by atoms with E-state index in [0.717, 1.165) is 44.5 Å². The average Bonchev–Trinajstić information content (AvgIpc) is 2.67. The number of carbonyl (C=O) groups excluding carboxylic acids is 1. The second-order valence-electron chi connectivity index (χ2n) is 7.55. The maximum Gasteiger partial charge on any atom is 0.194 e. The van der Waals surface area contributed by atoms with Crippen molar-refractivity contribution in [3.05, 3.63) is 59.3 Å². The molecule has 26 heavy (non-hydrogen) atoms. The van der Waals surface area contributed by atoms with Crippen molar-refractivity contribution in [2.75, 3.05) is 5.32 Å². The summed E-state index contributed by atoms with van der Waals surface area (Å²) in [7, 11) is 0. The number of rotatable bonds is 2. The largest absolute Gasteiger partial charge is 0.381 e. The van der Waals surface area contributed by atoms with Gasteiger partial charge in [0.25, 0.3) is 0 Å². The summed E-state index contributed by atoms with van der Waals surface area (Å²) in [6, 6.07) is 14.6. The highest BCUT2D eigenvalue weighted by atomic mass is 16.1. The van der Waals surface area contributed by atoms with E-state index in [1.54, 1.807) is 0 Å². The van der Waals surface area contributed by atoms with Crippen LogP contribution in [0.3, 0.4) is 0 Å². The first-order chi connectivity index (χ1) is 12.7. The second-order valence-corrected chi connectivity index (χ2v) is 7.55. The van der Waals surface area contributed by atoms with Gasteiger partial charge in [0.05, 0.1) is 11.2 Å². The van der Waals surface area contributed by atoms with Crippen molar-refractivity contribution in [1.29, 1.82) is 0 Å². The number of fused-ring (bicyclic) bond motifs is 2. The van der Waals surface area contributed by atoms with Gasteiger partial charge in [-0.2, -0.15) is 0 Å². The molecule has 0 atom stereocenters. The monoisotopic (exact) mass is 342 g/mol. The Balaban J connectivity index is 1.73. The minimum Gasteiger partial charge on any atom is -0.381 e. The zero-order valence-electron chi connectivity index (χ0n) is 15.0. The van der Waals surface area contributed by atoms with Crippen LogP contribution in [0.5, 0.6) is 0 Å². The maximum absolute atomic E-state index is 13.0. The molecule has 2 aliphatic carbocycles. The first-order valence-electron chi connectivity index (χ1n) is 9.57. The molecule has 0 saturated heterocycles. The van der Waals surface area contributed by atoms with Crippen molar-refractivity contribution < 1.29 is 4.79 Å². The summed E-state index contributed by atoms with van der Waals surface area (Å²) in [5, 5.41) is 4.72. The first kappa shape index (κ1) is 15.6. The van der Waals surface area contributed by atoms with Crippen molar-refractivity contribution in [1.82, 2.24) is 4.98 Å². The second kappa shape index (κ2) is 5.94. The van der Waals surface area contributed by atoms with E-state index in [9.17, 15) is 4.79 Å². The van der Waals surface area contributed by atoms with Gasteiger partial charge in [0.15, 0.2) is 5.78 Å². The molecular formula is C23H22N2O. The summed E-state index contributed by atoms with van der Waals surface area (Å²) in [6.45, 7) is 2.03. The zero-order chi connectivity index (χ0) is 17.7. The summed E-state index contributed by atoms with van der Waals surface area (Å²) in [5.74, 6) is 0.105. The molecule has 0 radical (unpaired) electrons. The molecule has 130 valence electrons. The van der Waals surface area contributed by atoms with Crippen LogP contribution < -0.4 is 5.32 Å². The van der Waals surface area contributed by atoms with Crippen LogP contribution in [0.25, 0.3) is 22.0 Å². The van der Waals surface area contributed by atoms with Gasteiger partial charge in [-0.1, -0.05) is 43.5 Å². The predicted octanol–water partition coefficient (Wildman–Crippen LogP) is 5.50. The van der Waals surface area contributed by atoms with E-state index >= 15 is 0 Å². The van der Waals surface area contributed by atoms with E-state index in [1.165, 1.54) is 32.1 Å². The van der Waals surface area contributed by atoms with Gasteiger partial charge >= 0.3 is 0 Å². The normalized spacial score (nSPS) is 16.6. The lowest BCUT2D eigenvalue weighted by molar-refractivity contribution is 0.104. The van der Waals surface area contributed by atoms with E-state index in [2.05, 4.69) is 11.4 Å². The van der Waals surface area contributed by atoms with E-state index in [0.29, 0.717) is 6.04 Å².